The third-order valence-corrected chi connectivity index (χ3v) is 3.51. The zero-order valence-electron chi connectivity index (χ0n) is 10.8. The second-order valence-corrected chi connectivity index (χ2v) is 5.19. The van der Waals surface area contributed by atoms with Crippen molar-refractivity contribution in [3.63, 3.8) is 0 Å². The fourth-order valence-corrected chi connectivity index (χ4v) is 1.70. The van der Waals surface area contributed by atoms with Crippen LogP contribution in [0.1, 0.15) is 19.8 Å². The molecule has 19 heavy (non-hydrogen) atoms. The molecular weight excluding hydrogens is 264 g/mol. The van der Waals surface area contributed by atoms with Crippen LogP contribution in [-0.2, 0) is 9.59 Å². The molecule has 0 bridgehead atoms. The van der Waals surface area contributed by atoms with Gasteiger partial charge in [-0.1, -0.05) is 6.92 Å². The predicted octanol–water partition coefficient (Wildman–Crippen LogP) is 2.85. The van der Waals surface area contributed by atoms with E-state index in [9.17, 15) is 9.59 Å². The molecule has 4 nitrogen and oxygen atoms in total. The highest BCUT2D eigenvalue weighted by atomic mass is 35.5. The molecular formula is C14H17ClN2O2. The quantitative estimate of drug-likeness (QED) is 0.815. The van der Waals surface area contributed by atoms with Gasteiger partial charge in [0, 0.05) is 29.1 Å². The summed E-state index contributed by atoms with van der Waals surface area (Å²) in [5, 5.41) is 5.62. The molecule has 1 fully saturated rings. The van der Waals surface area contributed by atoms with Crippen LogP contribution in [0.25, 0.3) is 0 Å². The van der Waals surface area contributed by atoms with Gasteiger partial charge in [-0.2, -0.15) is 0 Å². The molecule has 102 valence electrons. The summed E-state index contributed by atoms with van der Waals surface area (Å²) in [4.78, 5) is 23.2. The van der Waals surface area contributed by atoms with Crippen LogP contribution < -0.4 is 10.6 Å². The Kier molecular flexibility index (Phi) is 4.43. The zero-order valence-corrected chi connectivity index (χ0v) is 11.5. The average molecular weight is 281 g/mol. The van der Waals surface area contributed by atoms with Gasteiger partial charge in [0.1, 0.15) is 0 Å². The van der Waals surface area contributed by atoms with Crippen LogP contribution in [0.4, 0.5) is 11.4 Å². The molecule has 1 aliphatic rings. The van der Waals surface area contributed by atoms with Gasteiger partial charge in [-0.05, 0) is 37.1 Å². The van der Waals surface area contributed by atoms with Crippen molar-refractivity contribution in [2.75, 3.05) is 16.5 Å². The molecule has 1 aliphatic carbocycles. The molecule has 2 amide bonds. The topological polar surface area (TPSA) is 58.2 Å². The normalized spacial score (nSPS) is 15.7. The first-order valence-electron chi connectivity index (χ1n) is 6.38. The third kappa shape index (κ3) is 3.96. The summed E-state index contributed by atoms with van der Waals surface area (Å²) in [7, 11) is 0. The van der Waals surface area contributed by atoms with Gasteiger partial charge in [-0.3, -0.25) is 9.59 Å². The highest BCUT2D eigenvalue weighted by Crippen LogP contribution is 2.30. The average Bonchev–Trinajstić information content (AvgIpc) is 3.24. The SMILES string of the molecule is CC(CCl)C(=O)Nc1ccc(NC(=O)C2CC2)cc1. The van der Waals surface area contributed by atoms with Crippen molar-refractivity contribution in [1.29, 1.82) is 0 Å². The van der Waals surface area contributed by atoms with Crippen LogP contribution in [-0.4, -0.2) is 17.7 Å². The number of nitrogens with one attached hydrogen (secondary N) is 2. The number of benzene rings is 1. The number of hydrogen-bond acceptors (Lipinski definition) is 2. The molecule has 2 rings (SSSR count). The minimum Gasteiger partial charge on any atom is -0.326 e. The van der Waals surface area contributed by atoms with Crippen molar-refractivity contribution in [1.82, 2.24) is 0 Å². The summed E-state index contributed by atoms with van der Waals surface area (Å²) in [6, 6.07) is 7.09. The molecule has 0 saturated heterocycles. The molecule has 0 radical (unpaired) electrons. The number of rotatable bonds is 5. The molecule has 0 spiro atoms. The number of amides is 2. The Morgan fingerprint density at radius 3 is 2.21 bits per heavy atom. The molecule has 0 heterocycles. The van der Waals surface area contributed by atoms with E-state index in [2.05, 4.69) is 10.6 Å². The molecule has 0 aliphatic heterocycles. The van der Waals surface area contributed by atoms with Crippen LogP contribution in [0.2, 0.25) is 0 Å². The molecule has 0 aromatic heterocycles. The lowest BCUT2D eigenvalue weighted by Gasteiger charge is -2.10. The Morgan fingerprint density at radius 1 is 1.21 bits per heavy atom. The van der Waals surface area contributed by atoms with E-state index in [0.717, 1.165) is 18.5 Å². The first-order valence-corrected chi connectivity index (χ1v) is 6.91. The maximum atomic E-state index is 11.6. The van der Waals surface area contributed by atoms with Gasteiger partial charge in [0.25, 0.3) is 0 Å². The Balaban J connectivity index is 1.90. The largest absolute Gasteiger partial charge is 0.326 e. The predicted molar refractivity (Wildman–Crippen MR) is 76.3 cm³/mol. The maximum absolute atomic E-state index is 11.6. The second kappa shape index (κ2) is 6.06. The second-order valence-electron chi connectivity index (χ2n) is 4.89. The summed E-state index contributed by atoms with van der Waals surface area (Å²) in [5.74, 6) is 0.221. The van der Waals surface area contributed by atoms with Gasteiger partial charge >= 0.3 is 0 Å². The van der Waals surface area contributed by atoms with Crippen molar-refractivity contribution < 1.29 is 9.59 Å². The lowest BCUT2D eigenvalue weighted by molar-refractivity contribution is -0.119. The maximum Gasteiger partial charge on any atom is 0.228 e. The van der Waals surface area contributed by atoms with Crippen molar-refractivity contribution >= 4 is 34.8 Å². The standard InChI is InChI=1S/C14H17ClN2O2/c1-9(8-15)13(18)16-11-4-6-12(7-5-11)17-14(19)10-2-3-10/h4-7,9-10H,2-3,8H2,1H3,(H,16,18)(H,17,19). The Bertz CT molecular complexity index is 469. The van der Waals surface area contributed by atoms with Crippen molar-refractivity contribution in [2.45, 2.75) is 19.8 Å². The highest BCUT2D eigenvalue weighted by Gasteiger charge is 2.29. The van der Waals surface area contributed by atoms with Crippen molar-refractivity contribution in [3.05, 3.63) is 24.3 Å². The fraction of sp³-hybridized carbons (Fsp3) is 0.429. The first kappa shape index (κ1) is 13.9. The summed E-state index contributed by atoms with van der Waals surface area (Å²) in [6.45, 7) is 1.77. The van der Waals surface area contributed by atoms with Gasteiger partial charge in [-0.15, -0.1) is 11.6 Å². The molecule has 1 aromatic rings. The Morgan fingerprint density at radius 2 is 1.74 bits per heavy atom. The van der Waals surface area contributed by atoms with Gasteiger partial charge < -0.3 is 10.6 Å². The third-order valence-electron chi connectivity index (χ3n) is 3.05. The molecule has 5 heteroatoms. The molecule has 1 unspecified atom stereocenters. The van der Waals surface area contributed by atoms with E-state index in [1.165, 1.54) is 0 Å². The van der Waals surface area contributed by atoms with Crippen LogP contribution in [0.15, 0.2) is 24.3 Å². The number of carbonyl (C=O) groups is 2. The highest BCUT2D eigenvalue weighted by molar-refractivity contribution is 6.19. The minimum atomic E-state index is -0.226. The van der Waals surface area contributed by atoms with Gasteiger partial charge in [0.2, 0.25) is 11.8 Å². The lowest BCUT2D eigenvalue weighted by atomic mass is 10.2. The Labute approximate surface area is 117 Å². The number of halogens is 1. The van der Waals surface area contributed by atoms with Crippen LogP contribution in [0.5, 0.6) is 0 Å². The van der Waals surface area contributed by atoms with Crippen LogP contribution in [0, 0.1) is 11.8 Å². The van der Waals surface area contributed by atoms with Gasteiger partial charge in [0.15, 0.2) is 0 Å². The molecule has 1 atom stereocenters. The molecule has 2 N–H and O–H groups in total. The summed E-state index contributed by atoms with van der Waals surface area (Å²) >= 11 is 5.62. The van der Waals surface area contributed by atoms with E-state index < -0.39 is 0 Å². The molecule has 1 saturated carbocycles. The number of alkyl halides is 1. The number of hydrogen-bond donors (Lipinski definition) is 2. The van der Waals surface area contributed by atoms with E-state index in [0.29, 0.717) is 11.6 Å². The number of carbonyl (C=O) groups excluding carboxylic acids is 2. The summed E-state index contributed by atoms with van der Waals surface area (Å²) in [5.41, 5.74) is 1.45. The van der Waals surface area contributed by atoms with Gasteiger partial charge in [0.05, 0.1) is 0 Å². The van der Waals surface area contributed by atoms with Crippen molar-refractivity contribution in [3.8, 4) is 0 Å². The number of anilines is 2. The van der Waals surface area contributed by atoms with E-state index in [1.54, 1.807) is 31.2 Å². The van der Waals surface area contributed by atoms with E-state index >= 15 is 0 Å². The monoisotopic (exact) mass is 280 g/mol. The summed E-state index contributed by atoms with van der Waals surface area (Å²) in [6.07, 6.45) is 1.96. The molecule has 1 aromatic carbocycles. The fourth-order valence-electron chi connectivity index (χ4n) is 1.56. The van der Waals surface area contributed by atoms with Crippen molar-refractivity contribution in [2.24, 2.45) is 11.8 Å². The zero-order chi connectivity index (χ0) is 13.8. The van der Waals surface area contributed by atoms with E-state index in [4.69, 9.17) is 11.6 Å². The van der Waals surface area contributed by atoms with Crippen LogP contribution in [0.3, 0.4) is 0 Å². The summed E-state index contributed by atoms with van der Waals surface area (Å²) < 4.78 is 0. The smallest absolute Gasteiger partial charge is 0.228 e. The first-order chi connectivity index (χ1) is 9.10. The Hall–Kier alpha value is -1.55. The van der Waals surface area contributed by atoms with Gasteiger partial charge in [-0.25, -0.2) is 0 Å². The minimum absolute atomic E-state index is 0.0764. The van der Waals surface area contributed by atoms with E-state index in [-0.39, 0.29) is 23.7 Å². The van der Waals surface area contributed by atoms with Crippen LogP contribution >= 0.6 is 11.6 Å². The lowest BCUT2D eigenvalue weighted by Crippen LogP contribution is -2.21. The van der Waals surface area contributed by atoms with E-state index in [1.807, 2.05) is 0 Å².